The number of hydrogen-bond acceptors (Lipinski definition) is 3. The maximum Gasteiger partial charge on any atom is 0.259 e. The average Bonchev–Trinajstić information content (AvgIpc) is 3.08. The van der Waals surface area contributed by atoms with E-state index in [1.165, 1.54) is 16.8 Å². The van der Waals surface area contributed by atoms with Crippen LogP contribution < -0.4 is 10.5 Å². The van der Waals surface area contributed by atoms with Gasteiger partial charge in [-0.1, -0.05) is 19.1 Å². The summed E-state index contributed by atoms with van der Waals surface area (Å²) in [6.45, 7) is 8.13. The van der Waals surface area contributed by atoms with E-state index in [-0.39, 0.29) is 11.1 Å². The zero-order valence-electron chi connectivity index (χ0n) is 18.6. The van der Waals surface area contributed by atoms with Gasteiger partial charge in [-0.05, 0) is 74.2 Å². The van der Waals surface area contributed by atoms with Gasteiger partial charge in [-0.25, -0.2) is 4.98 Å². The first-order valence-corrected chi connectivity index (χ1v) is 11.3. The van der Waals surface area contributed by atoms with Crippen molar-refractivity contribution >= 4 is 27.6 Å². The summed E-state index contributed by atoms with van der Waals surface area (Å²) in [4.78, 5) is 23.9. The Morgan fingerprint density at radius 1 is 1.19 bits per heavy atom. The highest BCUT2D eigenvalue weighted by molar-refractivity contribution is 5.93. The molecule has 2 aromatic carbocycles. The normalized spacial score (nSPS) is 19.7. The number of hydrogen-bond donors (Lipinski definition) is 1. The molecule has 0 radical (unpaired) electrons. The molecule has 0 amide bonds. The average molecular weight is 413 g/mol. The highest BCUT2D eigenvalue weighted by Crippen LogP contribution is 2.49. The maximum absolute atomic E-state index is 13.3. The predicted octanol–water partition coefficient (Wildman–Crippen LogP) is 5.12. The molecule has 0 spiro atoms. The fourth-order valence-corrected chi connectivity index (χ4v) is 6.03. The lowest BCUT2D eigenvalue weighted by atomic mass is 9.76. The van der Waals surface area contributed by atoms with Gasteiger partial charge in [-0.15, -0.1) is 0 Å². The second-order valence-electron chi connectivity index (χ2n) is 9.93. The Morgan fingerprint density at radius 2 is 2.00 bits per heavy atom. The number of para-hydroxylation sites is 2. The zero-order chi connectivity index (χ0) is 21.5. The van der Waals surface area contributed by atoms with Crippen LogP contribution in [0.15, 0.2) is 41.2 Å². The molecule has 5 nitrogen and oxygen atoms in total. The van der Waals surface area contributed by atoms with Crippen LogP contribution in [0.3, 0.4) is 0 Å². The summed E-state index contributed by atoms with van der Waals surface area (Å²) in [7, 11) is 1.98. The number of nitrogens with zero attached hydrogens (tertiary/aromatic N) is 3. The van der Waals surface area contributed by atoms with E-state index in [0.29, 0.717) is 17.3 Å². The summed E-state index contributed by atoms with van der Waals surface area (Å²) in [5, 5.41) is 1.11. The molecule has 5 heteroatoms. The topological polar surface area (TPSA) is 53.9 Å². The lowest BCUT2D eigenvalue weighted by Crippen LogP contribution is -2.50. The van der Waals surface area contributed by atoms with Crippen molar-refractivity contribution in [1.82, 2.24) is 14.5 Å². The predicted molar refractivity (Wildman–Crippen MR) is 127 cm³/mol. The molecular weight excluding hydrogens is 384 g/mol. The molecule has 0 saturated carbocycles. The van der Waals surface area contributed by atoms with E-state index in [9.17, 15) is 4.79 Å². The number of aryl methyl sites for hydroxylation is 2. The maximum atomic E-state index is 13.3. The number of nitrogens with one attached hydrogen (secondary N) is 1. The summed E-state index contributed by atoms with van der Waals surface area (Å²) in [6, 6.07) is 12.4. The molecule has 0 saturated heterocycles. The Labute approximate surface area is 181 Å². The molecule has 1 N–H and O–H groups in total. The van der Waals surface area contributed by atoms with Gasteiger partial charge >= 0.3 is 0 Å². The fourth-order valence-electron chi connectivity index (χ4n) is 6.03. The van der Waals surface area contributed by atoms with E-state index >= 15 is 0 Å². The molecular formula is C26H28N4O. The van der Waals surface area contributed by atoms with Gasteiger partial charge in [0.1, 0.15) is 5.82 Å². The number of aromatic amines is 1. The zero-order valence-corrected chi connectivity index (χ0v) is 18.6. The van der Waals surface area contributed by atoms with Crippen LogP contribution in [0.1, 0.15) is 50.7 Å². The largest absolute Gasteiger partial charge is 0.366 e. The van der Waals surface area contributed by atoms with Gasteiger partial charge < -0.3 is 14.5 Å². The van der Waals surface area contributed by atoms with E-state index in [1.807, 2.05) is 35.9 Å². The van der Waals surface area contributed by atoms with Crippen LogP contribution in [-0.4, -0.2) is 26.6 Å². The Bertz CT molecular complexity index is 1430. The Kier molecular flexibility index (Phi) is 3.75. The Balaban J connectivity index is 1.63. The summed E-state index contributed by atoms with van der Waals surface area (Å²) in [5.74, 6) is 1.21. The second-order valence-corrected chi connectivity index (χ2v) is 9.93. The van der Waals surface area contributed by atoms with Crippen LogP contribution in [0.2, 0.25) is 0 Å². The van der Waals surface area contributed by atoms with Crippen molar-refractivity contribution in [1.29, 1.82) is 0 Å². The molecule has 2 aliphatic heterocycles. The van der Waals surface area contributed by atoms with E-state index in [4.69, 9.17) is 4.98 Å². The summed E-state index contributed by atoms with van der Waals surface area (Å²) >= 11 is 0. The molecule has 31 heavy (non-hydrogen) atoms. The first-order valence-electron chi connectivity index (χ1n) is 11.3. The van der Waals surface area contributed by atoms with Crippen molar-refractivity contribution in [3.8, 4) is 11.4 Å². The Morgan fingerprint density at radius 3 is 2.81 bits per heavy atom. The van der Waals surface area contributed by atoms with E-state index in [0.717, 1.165) is 47.7 Å². The van der Waals surface area contributed by atoms with Gasteiger partial charge in [0.05, 0.1) is 22.1 Å². The standard InChI is InChI=1S/C26H28N4O/c1-15-14-26(2,3)30-11-7-8-17-22-16(12-18(15)23(17)30)13-19(25(31)28-22)24-27-20-9-5-6-10-21(20)29(24)4/h5-6,9-10,12-13,15H,7-8,11,14H2,1-4H3,(H,28,31). The van der Waals surface area contributed by atoms with Crippen molar-refractivity contribution in [3.05, 3.63) is 57.9 Å². The third-order valence-electron chi connectivity index (χ3n) is 7.42. The van der Waals surface area contributed by atoms with E-state index in [1.54, 1.807) is 0 Å². The second kappa shape index (κ2) is 6.22. The quantitative estimate of drug-likeness (QED) is 0.472. The number of imidazole rings is 1. The minimum atomic E-state index is -0.0673. The number of rotatable bonds is 1. The molecule has 4 aromatic rings. The van der Waals surface area contributed by atoms with E-state index < -0.39 is 0 Å². The molecule has 0 fully saturated rings. The number of fused-ring (bicyclic) bond motifs is 3. The molecule has 158 valence electrons. The van der Waals surface area contributed by atoms with E-state index in [2.05, 4.69) is 42.8 Å². The minimum Gasteiger partial charge on any atom is -0.366 e. The van der Waals surface area contributed by atoms with Crippen LogP contribution in [0, 0.1) is 0 Å². The highest BCUT2D eigenvalue weighted by atomic mass is 16.1. The number of anilines is 1. The van der Waals surface area contributed by atoms with Gasteiger partial charge in [0.2, 0.25) is 0 Å². The SMILES string of the molecule is CC1CC(C)(C)N2CCCc3c2c1cc1cc(-c2nc4ccccc4n2C)c(=O)[nH]c31. The summed E-state index contributed by atoms with van der Waals surface area (Å²) < 4.78 is 2.01. The number of pyridine rings is 1. The van der Waals surface area contributed by atoms with Crippen molar-refractivity contribution in [2.45, 2.75) is 51.5 Å². The van der Waals surface area contributed by atoms with Crippen molar-refractivity contribution in [2.75, 3.05) is 11.4 Å². The number of H-pyrrole nitrogens is 1. The first-order chi connectivity index (χ1) is 14.8. The van der Waals surface area contributed by atoms with Crippen molar-refractivity contribution < 1.29 is 0 Å². The monoisotopic (exact) mass is 412 g/mol. The van der Waals surface area contributed by atoms with Crippen LogP contribution >= 0.6 is 0 Å². The van der Waals surface area contributed by atoms with Crippen LogP contribution in [0.5, 0.6) is 0 Å². The van der Waals surface area contributed by atoms with Gasteiger partial charge in [0.25, 0.3) is 5.56 Å². The van der Waals surface area contributed by atoms with Crippen LogP contribution in [0.25, 0.3) is 33.3 Å². The molecule has 0 bridgehead atoms. The minimum absolute atomic E-state index is 0.0673. The Hall–Kier alpha value is -3.08. The molecule has 4 heterocycles. The van der Waals surface area contributed by atoms with Crippen molar-refractivity contribution in [3.63, 3.8) is 0 Å². The van der Waals surface area contributed by atoms with Gasteiger partial charge in [0.15, 0.2) is 0 Å². The summed E-state index contributed by atoms with van der Waals surface area (Å²) in [6.07, 6.45) is 3.28. The lowest BCUT2D eigenvalue weighted by molar-refractivity contribution is 0.367. The van der Waals surface area contributed by atoms with Crippen molar-refractivity contribution in [2.24, 2.45) is 7.05 Å². The third kappa shape index (κ3) is 2.55. The molecule has 2 aliphatic rings. The number of aromatic nitrogens is 3. The molecule has 0 aliphatic carbocycles. The van der Waals surface area contributed by atoms with Gasteiger partial charge in [0, 0.05) is 30.4 Å². The molecule has 1 atom stereocenters. The third-order valence-corrected chi connectivity index (χ3v) is 7.42. The lowest BCUT2D eigenvalue weighted by Gasteiger charge is -2.50. The molecule has 6 rings (SSSR count). The first kappa shape index (κ1) is 18.7. The van der Waals surface area contributed by atoms with Gasteiger partial charge in [-0.2, -0.15) is 0 Å². The summed E-state index contributed by atoms with van der Waals surface area (Å²) in [5.41, 5.74) is 7.75. The molecule has 2 aromatic heterocycles. The molecule has 1 unspecified atom stereocenters. The highest BCUT2D eigenvalue weighted by Gasteiger charge is 2.39. The van der Waals surface area contributed by atoms with Crippen LogP contribution in [-0.2, 0) is 13.5 Å². The van der Waals surface area contributed by atoms with Gasteiger partial charge in [-0.3, -0.25) is 4.79 Å². The fraction of sp³-hybridized carbons (Fsp3) is 0.385. The van der Waals surface area contributed by atoms with Crippen LogP contribution in [0.4, 0.5) is 5.69 Å². The number of benzene rings is 2. The smallest absolute Gasteiger partial charge is 0.259 e.